The summed E-state index contributed by atoms with van der Waals surface area (Å²) in [5.41, 5.74) is 6.48. The van der Waals surface area contributed by atoms with Crippen LogP contribution in [0.1, 0.15) is 0 Å². The van der Waals surface area contributed by atoms with Crippen LogP contribution in [-0.4, -0.2) is 0 Å². The van der Waals surface area contributed by atoms with Gasteiger partial charge in [-0.05, 0) is 78.8 Å². The molecule has 2 heteroatoms. The average molecular weight is 619 g/mol. The quantitative estimate of drug-likeness (QED) is 0.173. The summed E-state index contributed by atoms with van der Waals surface area (Å²) in [6, 6.07) is 58.3. The minimum Gasteiger partial charge on any atom is -0.135 e. The molecule has 2 heterocycles. The van der Waals surface area contributed by atoms with Gasteiger partial charge in [0.05, 0.1) is 0 Å². The summed E-state index contributed by atoms with van der Waals surface area (Å²) >= 11 is 3.82. The fourth-order valence-corrected chi connectivity index (χ4v) is 9.83. The van der Waals surface area contributed by atoms with Gasteiger partial charge in [-0.1, -0.05) is 133 Å². The van der Waals surface area contributed by atoms with Gasteiger partial charge in [-0.15, -0.1) is 22.7 Å². The number of benzene rings is 8. The molecule has 0 atom stereocenters. The Kier molecular flexibility index (Phi) is 5.72. The Balaban J connectivity index is 1.42. The number of fused-ring (bicyclic) bond motifs is 8. The predicted molar refractivity (Wildman–Crippen MR) is 204 cm³/mol. The number of hydrogen-bond donors (Lipinski definition) is 0. The van der Waals surface area contributed by atoms with E-state index in [1.807, 2.05) is 22.7 Å². The third-order valence-corrected chi connectivity index (χ3v) is 11.8. The Bertz CT molecular complexity index is 2740. The zero-order chi connectivity index (χ0) is 30.2. The molecule has 0 fully saturated rings. The highest BCUT2D eigenvalue weighted by atomic mass is 32.1. The first-order valence-electron chi connectivity index (χ1n) is 15.7. The lowest BCUT2D eigenvalue weighted by Gasteiger charge is -2.19. The van der Waals surface area contributed by atoms with E-state index in [0.29, 0.717) is 0 Å². The number of rotatable bonds is 3. The first-order chi connectivity index (χ1) is 22.8. The molecule has 0 N–H and O–H groups in total. The Morgan fingerprint density at radius 1 is 0.304 bits per heavy atom. The second kappa shape index (κ2) is 10.1. The lowest BCUT2D eigenvalue weighted by Crippen LogP contribution is -1.92. The fraction of sp³-hybridized carbons (Fsp3) is 0. The maximum Gasteiger partial charge on any atom is 0.0434 e. The van der Waals surface area contributed by atoms with Crippen molar-refractivity contribution in [2.24, 2.45) is 0 Å². The number of thiophene rings is 2. The van der Waals surface area contributed by atoms with Crippen LogP contribution in [0.2, 0.25) is 0 Å². The molecule has 0 spiro atoms. The topological polar surface area (TPSA) is 0 Å². The molecule has 0 aliphatic heterocycles. The van der Waals surface area contributed by atoms with Crippen LogP contribution in [0, 0.1) is 0 Å². The minimum absolute atomic E-state index is 1.25. The van der Waals surface area contributed by atoms with Gasteiger partial charge in [-0.2, -0.15) is 0 Å². The van der Waals surface area contributed by atoms with E-state index in [2.05, 4.69) is 158 Å². The van der Waals surface area contributed by atoms with Crippen LogP contribution in [0.25, 0.3) is 95.3 Å². The van der Waals surface area contributed by atoms with Crippen molar-refractivity contribution in [2.75, 3.05) is 0 Å². The molecule has 10 rings (SSSR count). The number of hydrogen-bond acceptors (Lipinski definition) is 2. The Morgan fingerprint density at radius 2 is 0.870 bits per heavy atom. The van der Waals surface area contributed by atoms with Crippen molar-refractivity contribution >= 4 is 85.2 Å². The summed E-state index contributed by atoms with van der Waals surface area (Å²) in [6.45, 7) is 0. The van der Waals surface area contributed by atoms with Crippen molar-refractivity contribution < 1.29 is 0 Å². The summed E-state index contributed by atoms with van der Waals surface area (Å²) in [4.78, 5) is 1.33. The smallest absolute Gasteiger partial charge is 0.0434 e. The summed E-state index contributed by atoms with van der Waals surface area (Å²) in [5.74, 6) is 0. The average Bonchev–Trinajstić information content (AvgIpc) is 3.69. The van der Waals surface area contributed by atoms with Gasteiger partial charge in [-0.25, -0.2) is 0 Å². The van der Waals surface area contributed by atoms with Gasteiger partial charge in [-0.3, -0.25) is 0 Å². The molecular weight excluding hydrogens is 593 g/mol. The second-order valence-electron chi connectivity index (χ2n) is 12.0. The maximum atomic E-state index is 2.36. The van der Waals surface area contributed by atoms with Crippen molar-refractivity contribution in [1.82, 2.24) is 0 Å². The summed E-state index contributed by atoms with van der Waals surface area (Å²) in [6.07, 6.45) is 0. The fourth-order valence-electron chi connectivity index (χ4n) is 7.49. The van der Waals surface area contributed by atoms with Crippen molar-refractivity contribution in [3.8, 4) is 32.7 Å². The molecule has 8 aromatic carbocycles. The first-order valence-corrected chi connectivity index (χ1v) is 17.3. The molecule has 0 amide bonds. The molecule has 0 bridgehead atoms. The van der Waals surface area contributed by atoms with Crippen LogP contribution in [0.5, 0.6) is 0 Å². The lowest BCUT2D eigenvalue weighted by atomic mass is 9.84. The summed E-state index contributed by atoms with van der Waals surface area (Å²) in [5, 5.41) is 11.8. The Labute approximate surface area is 274 Å². The second-order valence-corrected chi connectivity index (χ2v) is 14.1. The van der Waals surface area contributed by atoms with E-state index in [1.54, 1.807) is 0 Å². The van der Waals surface area contributed by atoms with Crippen LogP contribution < -0.4 is 0 Å². The summed E-state index contributed by atoms with van der Waals surface area (Å²) < 4.78 is 4.01. The molecule has 0 saturated heterocycles. The SMILES string of the molecule is c1ccc(-c2sc3ccc4sc5ccccc5c4c3c2-c2c3ccccc3c(-c3ccc4ccccc4c3)c3ccccc23)cc1. The van der Waals surface area contributed by atoms with E-state index >= 15 is 0 Å². The Morgan fingerprint density at radius 3 is 1.59 bits per heavy atom. The van der Waals surface area contributed by atoms with Gasteiger partial charge in [0.1, 0.15) is 0 Å². The van der Waals surface area contributed by atoms with Crippen LogP contribution >= 0.6 is 22.7 Å². The zero-order valence-corrected chi connectivity index (χ0v) is 26.5. The monoisotopic (exact) mass is 618 g/mol. The van der Waals surface area contributed by atoms with E-state index in [9.17, 15) is 0 Å². The highest BCUT2D eigenvalue weighted by Crippen LogP contribution is 2.54. The van der Waals surface area contributed by atoms with E-state index in [4.69, 9.17) is 0 Å². The molecule has 214 valence electrons. The van der Waals surface area contributed by atoms with Crippen molar-refractivity contribution in [3.05, 3.63) is 158 Å². The van der Waals surface area contributed by atoms with Crippen LogP contribution in [0.3, 0.4) is 0 Å². The van der Waals surface area contributed by atoms with Crippen LogP contribution in [0.4, 0.5) is 0 Å². The van der Waals surface area contributed by atoms with Gasteiger partial charge in [0, 0.05) is 40.7 Å². The van der Waals surface area contributed by atoms with Crippen LogP contribution in [-0.2, 0) is 0 Å². The molecule has 0 unspecified atom stereocenters. The van der Waals surface area contributed by atoms with E-state index < -0.39 is 0 Å². The van der Waals surface area contributed by atoms with Gasteiger partial charge < -0.3 is 0 Å². The normalized spacial score (nSPS) is 11.9. The van der Waals surface area contributed by atoms with E-state index in [1.165, 1.54) is 95.3 Å². The molecule has 2 aromatic heterocycles. The van der Waals surface area contributed by atoms with Crippen molar-refractivity contribution in [3.63, 3.8) is 0 Å². The van der Waals surface area contributed by atoms with Gasteiger partial charge in [0.15, 0.2) is 0 Å². The Hall–Kier alpha value is -5.28. The molecule has 0 saturated carbocycles. The van der Waals surface area contributed by atoms with Crippen molar-refractivity contribution in [1.29, 1.82) is 0 Å². The van der Waals surface area contributed by atoms with Gasteiger partial charge >= 0.3 is 0 Å². The van der Waals surface area contributed by atoms with Gasteiger partial charge in [0.25, 0.3) is 0 Å². The minimum atomic E-state index is 1.25. The summed E-state index contributed by atoms with van der Waals surface area (Å²) in [7, 11) is 0. The molecule has 0 nitrogen and oxygen atoms in total. The van der Waals surface area contributed by atoms with Crippen molar-refractivity contribution in [2.45, 2.75) is 0 Å². The highest BCUT2D eigenvalue weighted by molar-refractivity contribution is 7.27. The molecule has 0 radical (unpaired) electrons. The lowest BCUT2D eigenvalue weighted by molar-refractivity contribution is 1.68. The van der Waals surface area contributed by atoms with E-state index in [0.717, 1.165) is 0 Å². The van der Waals surface area contributed by atoms with E-state index in [-0.39, 0.29) is 0 Å². The standard InChI is InChI=1S/C44H26S2/c1-2-13-28(14-3-1)44-43(42-38(46-44)25-24-37-41(42)35-20-10-11-21-36(35)45-37)40-33-18-8-6-16-31(33)39(32-17-7-9-19-34(32)40)30-23-22-27-12-4-5-15-29(27)26-30/h1-26H. The maximum absolute atomic E-state index is 2.36. The molecular formula is C44H26S2. The third-order valence-electron chi connectivity index (χ3n) is 9.45. The zero-order valence-electron chi connectivity index (χ0n) is 24.8. The molecule has 10 aromatic rings. The molecule has 0 aliphatic carbocycles. The predicted octanol–water partition coefficient (Wildman–Crippen LogP) is 13.7. The van der Waals surface area contributed by atoms with Gasteiger partial charge in [0.2, 0.25) is 0 Å². The van der Waals surface area contributed by atoms with Crippen LogP contribution in [0.15, 0.2) is 158 Å². The molecule has 0 aliphatic rings. The first kappa shape index (κ1) is 26.0. The third kappa shape index (κ3) is 3.78. The molecule has 46 heavy (non-hydrogen) atoms. The largest absolute Gasteiger partial charge is 0.135 e. The highest BCUT2D eigenvalue weighted by Gasteiger charge is 2.25.